The first-order chi connectivity index (χ1) is 7.45. The lowest BCUT2D eigenvalue weighted by atomic mass is 10.1. The summed E-state index contributed by atoms with van der Waals surface area (Å²) < 4.78 is 42.6. The third kappa shape index (κ3) is 2.65. The minimum Gasteiger partial charge on any atom is -0.493 e. The Labute approximate surface area is 89.5 Å². The van der Waals surface area contributed by atoms with Crippen LogP contribution < -0.4 is 4.74 Å². The molecule has 0 aliphatic rings. The summed E-state index contributed by atoms with van der Waals surface area (Å²) in [6, 6.07) is 1.57. The fraction of sp³-hybridized carbons (Fsp3) is 0.300. The lowest BCUT2D eigenvalue weighted by molar-refractivity contribution is -0.136. The fourth-order valence-electron chi connectivity index (χ4n) is 1.32. The lowest BCUT2D eigenvalue weighted by Crippen LogP contribution is -2.05. The molecule has 1 N–H and O–H groups in total. The molecule has 0 spiro atoms. The van der Waals surface area contributed by atoms with Crippen LogP contribution in [-0.4, -0.2) is 18.2 Å². The summed E-state index contributed by atoms with van der Waals surface area (Å²) in [6.45, 7) is 0. The highest BCUT2D eigenvalue weighted by molar-refractivity contribution is 5.71. The Balaban J connectivity index is 3.24. The molecule has 3 nitrogen and oxygen atoms in total. The first-order valence-corrected chi connectivity index (χ1v) is 4.32. The first kappa shape index (κ1) is 12.4. The van der Waals surface area contributed by atoms with E-state index in [-0.39, 0.29) is 11.3 Å². The molecule has 0 amide bonds. The quantitative estimate of drug-likeness (QED) is 0.870. The summed E-state index contributed by atoms with van der Waals surface area (Å²) in [4.78, 5) is 10.5. The molecular formula is C10H9F3O3. The number of hydrogen-bond donors (Lipinski definition) is 1. The molecule has 0 aliphatic heterocycles. The van der Waals surface area contributed by atoms with Gasteiger partial charge < -0.3 is 9.84 Å². The summed E-state index contributed by atoms with van der Waals surface area (Å²) in [5.41, 5.74) is -0.667. The monoisotopic (exact) mass is 234 g/mol. The van der Waals surface area contributed by atoms with E-state index in [0.717, 1.165) is 13.2 Å². The van der Waals surface area contributed by atoms with Gasteiger partial charge in [-0.25, -0.2) is 13.2 Å². The Morgan fingerprint density at radius 2 is 2.12 bits per heavy atom. The molecule has 0 atom stereocenters. The van der Waals surface area contributed by atoms with Crippen LogP contribution in [0.15, 0.2) is 12.1 Å². The Kier molecular flexibility index (Phi) is 3.76. The molecule has 88 valence electrons. The van der Waals surface area contributed by atoms with Crippen LogP contribution in [0.5, 0.6) is 5.75 Å². The Bertz CT molecular complexity index is 405. The number of aliphatic carboxylic acids is 1. The van der Waals surface area contributed by atoms with Gasteiger partial charge in [-0.15, -0.1) is 0 Å². The van der Waals surface area contributed by atoms with E-state index < -0.39 is 30.2 Å². The molecule has 0 saturated heterocycles. The van der Waals surface area contributed by atoms with Gasteiger partial charge in [0.25, 0.3) is 6.43 Å². The highest BCUT2D eigenvalue weighted by Crippen LogP contribution is 2.29. The van der Waals surface area contributed by atoms with Crippen molar-refractivity contribution in [3.63, 3.8) is 0 Å². The molecule has 0 saturated carbocycles. The van der Waals surface area contributed by atoms with Crippen molar-refractivity contribution in [2.45, 2.75) is 12.8 Å². The van der Waals surface area contributed by atoms with E-state index in [1.807, 2.05) is 0 Å². The smallest absolute Gasteiger partial charge is 0.307 e. The van der Waals surface area contributed by atoms with Gasteiger partial charge >= 0.3 is 5.97 Å². The van der Waals surface area contributed by atoms with Crippen LogP contribution in [0.3, 0.4) is 0 Å². The summed E-state index contributed by atoms with van der Waals surface area (Å²) in [6.07, 6.45) is -3.42. The van der Waals surface area contributed by atoms with E-state index >= 15 is 0 Å². The highest BCUT2D eigenvalue weighted by Gasteiger charge is 2.17. The number of carboxylic acid groups (broad SMARTS) is 1. The van der Waals surface area contributed by atoms with E-state index in [1.165, 1.54) is 0 Å². The lowest BCUT2D eigenvalue weighted by Gasteiger charge is -2.10. The maximum Gasteiger partial charge on any atom is 0.307 e. The van der Waals surface area contributed by atoms with Crippen LogP contribution in [0.4, 0.5) is 13.2 Å². The third-order valence-corrected chi connectivity index (χ3v) is 1.94. The second-order valence-corrected chi connectivity index (χ2v) is 3.07. The van der Waals surface area contributed by atoms with E-state index in [4.69, 9.17) is 5.11 Å². The minimum atomic E-state index is -2.85. The van der Waals surface area contributed by atoms with Crippen molar-refractivity contribution >= 4 is 5.97 Å². The molecule has 1 rings (SSSR count). The van der Waals surface area contributed by atoms with Crippen LogP contribution in [0.1, 0.15) is 17.6 Å². The Hall–Kier alpha value is -1.72. The van der Waals surface area contributed by atoms with E-state index in [0.29, 0.717) is 6.07 Å². The molecule has 0 aliphatic carbocycles. The van der Waals surface area contributed by atoms with E-state index in [9.17, 15) is 18.0 Å². The van der Waals surface area contributed by atoms with Gasteiger partial charge in [-0.1, -0.05) is 0 Å². The number of carbonyl (C=O) groups is 1. The normalized spacial score (nSPS) is 10.6. The molecular weight excluding hydrogens is 225 g/mol. The zero-order valence-electron chi connectivity index (χ0n) is 8.34. The maximum absolute atomic E-state index is 13.3. The van der Waals surface area contributed by atoms with Crippen molar-refractivity contribution < 1.29 is 27.8 Å². The fourth-order valence-corrected chi connectivity index (χ4v) is 1.32. The zero-order valence-corrected chi connectivity index (χ0v) is 8.34. The van der Waals surface area contributed by atoms with Gasteiger partial charge in [0.15, 0.2) is 11.6 Å². The van der Waals surface area contributed by atoms with E-state index in [2.05, 4.69) is 4.74 Å². The van der Waals surface area contributed by atoms with Gasteiger partial charge in [-0.3, -0.25) is 4.79 Å². The number of alkyl halides is 2. The molecule has 0 aromatic heterocycles. The van der Waals surface area contributed by atoms with Gasteiger partial charge in [0.2, 0.25) is 0 Å². The van der Waals surface area contributed by atoms with Crippen LogP contribution in [0.2, 0.25) is 0 Å². The number of ether oxygens (including phenoxy) is 1. The topological polar surface area (TPSA) is 46.5 Å². The predicted octanol–water partition coefficient (Wildman–Crippen LogP) is 2.40. The number of benzene rings is 1. The molecule has 0 unspecified atom stereocenters. The standard InChI is InChI=1S/C10H9F3O3/c1-16-9-5(4-8(14)15)2-6(10(12)13)3-7(9)11/h2-3,10H,4H2,1H3,(H,14,15). The molecule has 6 heteroatoms. The van der Waals surface area contributed by atoms with Gasteiger partial charge in [-0.05, 0) is 12.1 Å². The summed E-state index contributed by atoms with van der Waals surface area (Å²) >= 11 is 0. The van der Waals surface area contributed by atoms with Crippen molar-refractivity contribution in [3.8, 4) is 5.75 Å². The van der Waals surface area contributed by atoms with Gasteiger partial charge in [0.05, 0.1) is 13.5 Å². The molecule has 16 heavy (non-hydrogen) atoms. The summed E-state index contributed by atoms with van der Waals surface area (Å²) in [5, 5.41) is 8.54. The number of halogens is 3. The van der Waals surface area contributed by atoms with Crippen LogP contribution in [0, 0.1) is 5.82 Å². The zero-order chi connectivity index (χ0) is 12.3. The van der Waals surface area contributed by atoms with Crippen LogP contribution >= 0.6 is 0 Å². The van der Waals surface area contributed by atoms with Crippen molar-refractivity contribution in [3.05, 3.63) is 29.1 Å². The number of hydrogen-bond acceptors (Lipinski definition) is 2. The molecule has 1 aromatic carbocycles. The molecule has 0 bridgehead atoms. The Morgan fingerprint density at radius 1 is 1.50 bits per heavy atom. The van der Waals surface area contributed by atoms with Gasteiger partial charge in [0, 0.05) is 11.1 Å². The SMILES string of the molecule is COc1c(F)cc(C(F)F)cc1CC(=O)O. The molecule has 0 heterocycles. The number of rotatable bonds is 4. The first-order valence-electron chi connectivity index (χ1n) is 4.32. The molecule has 0 radical (unpaired) electrons. The van der Waals surface area contributed by atoms with Crippen molar-refractivity contribution in [1.29, 1.82) is 0 Å². The molecule has 1 aromatic rings. The van der Waals surface area contributed by atoms with Crippen molar-refractivity contribution in [2.24, 2.45) is 0 Å². The van der Waals surface area contributed by atoms with Crippen molar-refractivity contribution in [1.82, 2.24) is 0 Å². The highest BCUT2D eigenvalue weighted by atomic mass is 19.3. The summed E-state index contributed by atoms with van der Waals surface area (Å²) in [5.74, 6) is -2.55. The summed E-state index contributed by atoms with van der Waals surface area (Å²) in [7, 11) is 1.14. The van der Waals surface area contributed by atoms with Crippen molar-refractivity contribution in [2.75, 3.05) is 7.11 Å². The van der Waals surface area contributed by atoms with Gasteiger partial charge in [-0.2, -0.15) is 0 Å². The van der Waals surface area contributed by atoms with Crippen LogP contribution in [0.25, 0.3) is 0 Å². The van der Waals surface area contributed by atoms with E-state index in [1.54, 1.807) is 0 Å². The Morgan fingerprint density at radius 3 is 2.56 bits per heavy atom. The average molecular weight is 234 g/mol. The largest absolute Gasteiger partial charge is 0.493 e. The number of methoxy groups -OCH3 is 1. The third-order valence-electron chi connectivity index (χ3n) is 1.94. The van der Waals surface area contributed by atoms with Gasteiger partial charge in [0.1, 0.15) is 0 Å². The number of carboxylic acids is 1. The average Bonchev–Trinajstić information content (AvgIpc) is 2.16. The second kappa shape index (κ2) is 4.87. The molecule has 0 fully saturated rings. The second-order valence-electron chi connectivity index (χ2n) is 3.07. The maximum atomic E-state index is 13.3. The minimum absolute atomic E-state index is 0.106. The predicted molar refractivity (Wildman–Crippen MR) is 49.2 cm³/mol. The van der Waals surface area contributed by atoms with Crippen LogP contribution in [-0.2, 0) is 11.2 Å².